The number of sulfonamides is 1. The van der Waals surface area contributed by atoms with Gasteiger partial charge in [0.05, 0.1) is 4.90 Å². The molecule has 0 saturated carbocycles. The van der Waals surface area contributed by atoms with E-state index in [-0.39, 0.29) is 16.5 Å². The van der Waals surface area contributed by atoms with Crippen LogP contribution in [0.2, 0.25) is 5.02 Å². The number of benzene rings is 2. The highest BCUT2D eigenvalue weighted by Gasteiger charge is 2.28. The summed E-state index contributed by atoms with van der Waals surface area (Å²) in [6.07, 6.45) is 0.823. The predicted octanol–water partition coefficient (Wildman–Crippen LogP) is 2.04. The Labute approximate surface area is 167 Å². The lowest BCUT2D eigenvalue weighted by Crippen LogP contribution is -2.46. The lowest BCUT2D eigenvalue weighted by Gasteiger charge is -2.32. The molecule has 2 aromatic rings. The highest BCUT2D eigenvalue weighted by Crippen LogP contribution is 2.35. The lowest BCUT2D eigenvalue weighted by molar-refractivity contribution is 0.0710. The molecule has 1 heterocycles. The Hall–Kier alpha value is -2.49. The van der Waals surface area contributed by atoms with E-state index in [2.05, 4.69) is 4.72 Å². The number of phenols is 3. The van der Waals surface area contributed by atoms with Gasteiger partial charge in [0.2, 0.25) is 10.0 Å². The van der Waals surface area contributed by atoms with Crippen LogP contribution in [0.4, 0.5) is 0 Å². The van der Waals surface area contributed by atoms with E-state index in [1.165, 1.54) is 29.2 Å². The highest BCUT2D eigenvalue weighted by atomic mass is 35.5. The van der Waals surface area contributed by atoms with E-state index in [4.69, 9.17) is 11.6 Å². The Balaban J connectivity index is 1.63. The Morgan fingerprint density at radius 2 is 1.57 bits per heavy atom. The van der Waals surface area contributed by atoms with Gasteiger partial charge in [-0.1, -0.05) is 11.6 Å². The fourth-order valence-electron chi connectivity index (χ4n) is 3.01. The molecule has 3 rings (SSSR count). The average Bonchev–Trinajstić information content (AvgIpc) is 2.66. The monoisotopic (exact) mass is 426 g/mol. The molecule has 150 valence electrons. The summed E-state index contributed by atoms with van der Waals surface area (Å²) < 4.78 is 27.5. The fourth-order valence-corrected chi connectivity index (χ4v) is 4.44. The molecule has 10 heteroatoms. The number of aromatic hydroxyl groups is 3. The molecule has 1 fully saturated rings. The van der Waals surface area contributed by atoms with Crippen molar-refractivity contribution >= 4 is 27.5 Å². The van der Waals surface area contributed by atoms with E-state index >= 15 is 0 Å². The van der Waals surface area contributed by atoms with Crippen LogP contribution in [0.25, 0.3) is 0 Å². The van der Waals surface area contributed by atoms with Crippen molar-refractivity contribution in [1.82, 2.24) is 9.62 Å². The van der Waals surface area contributed by atoms with Crippen LogP contribution in [0, 0.1) is 0 Å². The first-order valence-corrected chi connectivity index (χ1v) is 10.4. The van der Waals surface area contributed by atoms with Crippen molar-refractivity contribution < 1.29 is 28.5 Å². The van der Waals surface area contributed by atoms with Crippen LogP contribution in [0.1, 0.15) is 23.2 Å². The number of rotatable bonds is 4. The second-order valence-electron chi connectivity index (χ2n) is 6.50. The molecule has 0 radical (unpaired) electrons. The zero-order chi connectivity index (χ0) is 20.5. The van der Waals surface area contributed by atoms with E-state index in [1.54, 1.807) is 0 Å². The normalized spacial score (nSPS) is 15.5. The minimum absolute atomic E-state index is 0.0352. The molecule has 0 bridgehead atoms. The fraction of sp³-hybridized carbons (Fsp3) is 0.278. The summed E-state index contributed by atoms with van der Waals surface area (Å²) in [7, 11) is -3.69. The number of hydrogen-bond donors (Lipinski definition) is 4. The number of nitrogens with zero attached hydrogens (tertiary/aromatic N) is 1. The van der Waals surface area contributed by atoms with Gasteiger partial charge in [0.25, 0.3) is 5.91 Å². The van der Waals surface area contributed by atoms with Crippen molar-refractivity contribution in [2.45, 2.75) is 23.8 Å². The third-order valence-electron chi connectivity index (χ3n) is 4.54. The van der Waals surface area contributed by atoms with E-state index in [0.717, 1.165) is 12.1 Å². The topological polar surface area (TPSA) is 127 Å². The zero-order valence-corrected chi connectivity index (χ0v) is 16.2. The molecule has 0 aliphatic carbocycles. The Morgan fingerprint density at radius 3 is 2.11 bits per heavy atom. The Bertz CT molecular complexity index is 963. The van der Waals surface area contributed by atoms with Crippen LogP contribution < -0.4 is 4.72 Å². The minimum Gasteiger partial charge on any atom is -0.504 e. The van der Waals surface area contributed by atoms with Crippen molar-refractivity contribution in [3.05, 3.63) is 47.0 Å². The molecular formula is C18H19ClN2O6S. The number of halogens is 1. The van der Waals surface area contributed by atoms with Gasteiger partial charge in [0.15, 0.2) is 17.2 Å². The zero-order valence-electron chi connectivity index (χ0n) is 14.7. The van der Waals surface area contributed by atoms with Gasteiger partial charge in [-0.15, -0.1) is 0 Å². The highest BCUT2D eigenvalue weighted by molar-refractivity contribution is 7.89. The summed E-state index contributed by atoms with van der Waals surface area (Å²) >= 11 is 5.78. The van der Waals surface area contributed by atoms with Crippen LogP contribution in [-0.4, -0.2) is 53.7 Å². The van der Waals surface area contributed by atoms with Gasteiger partial charge in [-0.25, -0.2) is 13.1 Å². The smallest absolute Gasteiger partial charge is 0.254 e. The van der Waals surface area contributed by atoms with Gasteiger partial charge in [0, 0.05) is 29.7 Å². The maximum absolute atomic E-state index is 12.5. The third-order valence-corrected chi connectivity index (χ3v) is 6.33. The van der Waals surface area contributed by atoms with Crippen LogP contribution >= 0.6 is 11.6 Å². The Morgan fingerprint density at radius 1 is 1.04 bits per heavy atom. The largest absolute Gasteiger partial charge is 0.504 e. The maximum atomic E-state index is 12.5. The van der Waals surface area contributed by atoms with Gasteiger partial charge in [-0.2, -0.15) is 0 Å². The number of piperidine rings is 1. The summed E-state index contributed by atoms with van der Waals surface area (Å²) in [5.41, 5.74) is 0.0352. The molecule has 2 aromatic carbocycles. The third kappa shape index (κ3) is 4.32. The van der Waals surface area contributed by atoms with Gasteiger partial charge < -0.3 is 20.2 Å². The van der Waals surface area contributed by atoms with E-state index < -0.39 is 33.2 Å². The number of nitrogens with one attached hydrogen (secondary N) is 1. The molecular weight excluding hydrogens is 408 g/mol. The molecule has 4 N–H and O–H groups in total. The molecule has 1 amide bonds. The number of phenolic OH excluding ortho intramolecular Hbond substituents is 3. The second-order valence-corrected chi connectivity index (χ2v) is 8.66. The molecule has 8 nitrogen and oxygen atoms in total. The molecule has 1 aliphatic rings. The second kappa shape index (κ2) is 7.86. The molecule has 0 spiro atoms. The van der Waals surface area contributed by atoms with Crippen molar-refractivity contribution in [3.63, 3.8) is 0 Å². The standard InChI is InChI=1S/C18H19ClN2O6S/c19-12-1-3-14(4-2-12)28(26,27)20-13-5-7-21(8-6-13)18(25)11-9-15(22)17(24)16(23)10-11/h1-4,9-10,13,20,22-24H,5-8H2. The molecule has 0 unspecified atom stereocenters. The quantitative estimate of drug-likeness (QED) is 0.554. The first-order chi connectivity index (χ1) is 13.2. The van der Waals surface area contributed by atoms with Crippen LogP contribution in [0.15, 0.2) is 41.3 Å². The van der Waals surface area contributed by atoms with Crippen molar-refractivity contribution in [3.8, 4) is 17.2 Å². The van der Waals surface area contributed by atoms with Crippen LogP contribution in [0.5, 0.6) is 17.2 Å². The van der Waals surface area contributed by atoms with Crippen molar-refractivity contribution in [1.29, 1.82) is 0 Å². The number of amides is 1. The Kier molecular flexibility index (Phi) is 5.69. The van der Waals surface area contributed by atoms with Crippen molar-refractivity contribution in [2.24, 2.45) is 0 Å². The van der Waals surface area contributed by atoms with E-state index in [9.17, 15) is 28.5 Å². The summed E-state index contributed by atoms with van der Waals surface area (Å²) in [6.45, 7) is 0.601. The summed E-state index contributed by atoms with van der Waals surface area (Å²) in [5.74, 6) is -2.29. The minimum atomic E-state index is -3.69. The van der Waals surface area contributed by atoms with E-state index in [1.807, 2.05) is 0 Å². The maximum Gasteiger partial charge on any atom is 0.254 e. The van der Waals surface area contributed by atoms with E-state index in [0.29, 0.717) is 31.0 Å². The van der Waals surface area contributed by atoms with Gasteiger partial charge in [-0.3, -0.25) is 4.79 Å². The number of hydrogen-bond acceptors (Lipinski definition) is 6. The summed E-state index contributed by atoms with van der Waals surface area (Å²) in [4.78, 5) is 14.1. The average molecular weight is 427 g/mol. The number of carbonyl (C=O) groups excluding carboxylic acids is 1. The van der Waals surface area contributed by atoms with Crippen LogP contribution in [0.3, 0.4) is 0 Å². The number of carbonyl (C=O) groups is 1. The van der Waals surface area contributed by atoms with Crippen molar-refractivity contribution in [2.75, 3.05) is 13.1 Å². The first kappa shape index (κ1) is 20.2. The predicted molar refractivity (Wildman–Crippen MR) is 102 cm³/mol. The molecule has 28 heavy (non-hydrogen) atoms. The summed E-state index contributed by atoms with van der Waals surface area (Å²) in [5, 5.41) is 28.9. The van der Waals surface area contributed by atoms with Gasteiger partial charge in [0.1, 0.15) is 0 Å². The first-order valence-electron chi connectivity index (χ1n) is 8.49. The molecule has 0 atom stereocenters. The lowest BCUT2D eigenvalue weighted by atomic mass is 10.0. The van der Waals surface area contributed by atoms with Crippen LogP contribution in [-0.2, 0) is 10.0 Å². The van der Waals surface area contributed by atoms with Gasteiger partial charge >= 0.3 is 0 Å². The molecule has 1 aliphatic heterocycles. The molecule has 0 aromatic heterocycles. The van der Waals surface area contributed by atoms with Gasteiger partial charge in [-0.05, 0) is 49.2 Å². The molecule has 1 saturated heterocycles. The SMILES string of the molecule is O=C(c1cc(O)c(O)c(O)c1)N1CCC(NS(=O)(=O)c2ccc(Cl)cc2)CC1. The number of likely N-dealkylation sites (tertiary alicyclic amines) is 1. The summed E-state index contributed by atoms with van der Waals surface area (Å²) in [6, 6.07) is 7.67.